The van der Waals surface area contributed by atoms with Crippen molar-refractivity contribution in [2.24, 2.45) is 0 Å². The summed E-state index contributed by atoms with van der Waals surface area (Å²) in [4.78, 5) is 3.90. The highest BCUT2D eigenvalue weighted by Crippen LogP contribution is 2.11. The average molecular weight is 259 g/mol. The van der Waals surface area contributed by atoms with Crippen LogP contribution in [0.5, 0.6) is 0 Å². The molecule has 0 unspecified atom stereocenters. The highest BCUT2D eigenvalue weighted by molar-refractivity contribution is 7.90. The number of hydrogen-bond donors (Lipinski definition) is 2. The molecule has 0 aromatic carbocycles. The molecule has 0 fully saturated rings. The molecule has 96 valence electrons. The number of hydrogen-bond acceptors (Lipinski definition) is 4. The summed E-state index contributed by atoms with van der Waals surface area (Å²) in [6.07, 6.45) is 3.50. The first-order chi connectivity index (χ1) is 7.95. The zero-order valence-corrected chi connectivity index (χ0v) is 10.7. The van der Waals surface area contributed by atoms with Gasteiger partial charge in [0.25, 0.3) is 0 Å². The molecule has 2 N–H and O–H groups in total. The van der Waals surface area contributed by atoms with E-state index in [2.05, 4.69) is 9.71 Å². The second kappa shape index (κ2) is 5.95. The van der Waals surface area contributed by atoms with Crippen molar-refractivity contribution in [3.05, 3.63) is 24.0 Å². The van der Waals surface area contributed by atoms with Crippen LogP contribution in [-0.4, -0.2) is 43.0 Å². The van der Waals surface area contributed by atoms with Crippen molar-refractivity contribution in [1.29, 1.82) is 0 Å². The van der Waals surface area contributed by atoms with Crippen LogP contribution in [0.4, 0.5) is 5.69 Å². The number of rotatable bonds is 6. The molecule has 0 aliphatic heterocycles. The Morgan fingerprint density at radius 1 is 1.47 bits per heavy atom. The number of anilines is 1. The molecule has 6 nitrogen and oxygen atoms in total. The fourth-order valence-electron chi connectivity index (χ4n) is 1.25. The Kier molecular flexibility index (Phi) is 4.86. The van der Waals surface area contributed by atoms with Crippen molar-refractivity contribution in [2.45, 2.75) is 13.3 Å². The molecule has 1 aromatic heterocycles. The normalized spacial score (nSPS) is 11.8. The summed E-state index contributed by atoms with van der Waals surface area (Å²) in [6.45, 7) is 2.07. The van der Waals surface area contributed by atoms with Gasteiger partial charge in [-0.2, -0.15) is 12.7 Å². The van der Waals surface area contributed by atoms with E-state index >= 15 is 0 Å². The minimum absolute atomic E-state index is 0.0359. The molecule has 0 radical (unpaired) electrons. The topological polar surface area (TPSA) is 82.5 Å². The minimum atomic E-state index is -3.57. The van der Waals surface area contributed by atoms with Crippen LogP contribution in [0, 0.1) is 6.92 Å². The maximum atomic E-state index is 11.8. The van der Waals surface area contributed by atoms with E-state index < -0.39 is 10.2 Å². The highest BCUT2D eigenvalue weighted by Gasteiger charge is 2.16. The van der Waals surface area contributed by atoms with Gasteiger partial charge >= 0.3 is 10.2 Å². The first kappa shape index (κ1) is 13.9. The number of nitrogens with one attached hydrogen (secondary N) is 1. The quantitative estimate of drug-likeness (QED) is 0.773. The predicted molar refractivity (Wildman–Crippen MR) is 65.8 cm³/mol. The van der Waals surface area contributed by atoms with E-state index in [0.717, 1.165) is 9.87 Å². The average Bonchev–Trinajstić information content (AvgIpc) is 2.25. The van der Waals surface area contributed by atoms with Gasteiger partial charge in [0, 0.05) is 26.4 Å². The van der Waals surface area contributed by atoms with Crippen LogP contribution < -0.4 is 4.72 Å². The van der Waals surface area contributed by atoms with Crippen LogP contribution in [0.1, 0.15) is 12.0 Å². The SMILES string of the molecule is Cc1cncc(NS(=O)(=O)N(C)CCCO)c1. The molecular weight excluding hydrogens is 242 g/mol. The van der Waals surface area contributed by atoms with Gasteiger partial charge < -0.3 is 5.11 Å². The third kappa shape index (κ3) is 4.29. The van der Waals surface area contributed by atoms with E-state index in [-0.39, 0.29) is 13.2 Å². The summed E-state index contributed by atoms with van der Waals surface area (Å²) in [5.74, 6) is 0. The summed E-state index contributed by atoms with van der Waals surface area (Å²) in [7, 11) is -2.11. The molecule has 1 heterocycles. The first-order valence-electron chi connectivity index (χ1n) is 5.22. The Hall–Kier alpha value is -1.18. The van der Waals surface area contributed by atoms with Crippen molar-refractivity contribution < 1.29 is 13.5 Å². The van der Waals surface area contributed by atoms with Crippen molar-refractivity contribution in [1.82, 2.24) is 9.29 Å². The Bertz CT molecular complexity index is 462. The van der Waals surface area contributed by atoms with E-state index in [4.69, 9.17) is 5.11 Å². The number of nitrogens with zero attached hydrogens (tertiary/aromatic N) is 2. The Morgan fingerprint density at radius 2 is 2.18 bits per heavy atom. The first-order valence-corrected chi connectivity index (χ1v) is 6.66. The fourth-order valence-corrected chi connectivity index (χ4v) is 2.19. The van der Waals surface area contributed by atoms with Crippen molar-refractivity contribution in [3.63, 3.8) is 0 Å². The van der Waals surface area contributed by atoms with E-state index in [1.165, 1.54) is 13.2 Å². The lowest BCUT2D eigenvalue weighted by Gasteiger charge is -2.17. The third-order valence-electron chi connectivity index (χ3n) is 2.16. The third-order valence-corrected chi connectivity index (χ3v) is 3.66. The van der Waals surface area contributed by atoms with Crippen LogP contribution in [0.15, 0.2) is 18.5 Å². The lowest BCUT2D eigenvalue weighted by atomic mass is 10.3. The zero-order valence-electron chi connectivity index (χ0n) is 9.92. The Labute approximate surface area is 101 Å². The van der Waals surface area contributed by atoms with Crippen molar-refractivity contribution >= 4 is 15.9 Å². The highest BCUT2D eigenvalue weighted by atomic mass is 32.2. The van der Waals surface area contributed by atoms with Gasteiger partial charge in [0.2, 0.25) is 0 Å². The molecule has 0 bridgehead atoms. The fraction of sp³-hybridized carbons (Fsp3) is 0.500. The number of aliphatic hydroxyl groups is 1. The van der Waals surface area contributed by atoms with Crippen LogP contribution in [-0.2, 0) is 10.2 Å². The summed E-state index contributed by atoms with van der Waals surface area (Å²) in [5.41, 5.74) is 1.31. The van der Waals surface area contributed by atoms with E-state index in [1.807, 2.05) is 6.92 Å². The van der Waals surface area contributed by atoms with Crippen molar-refractivity contribution in [2.75, 3.05) is 24.9 Å². The van der Waals surface area contributed by atoms with Gasteiger partial charge in [-0.05, 0) is 25.0 Å². The standard InChI is InChI=1S/C10H17N3O3S/c1-9-6-10(8-11-7-9)12-17(15,16)13(2)4-3-5-14/h6-8,12,14H,3-5H2,1-2H3. The second-order valence-electron chi connectivity index (χ2n) is 3.76. The summed E-state index contributed by atoms with van der Waals surface area (Å²) < 4.78 is 27.2. The molecule has 0 spiro atoms. The van der Waals surface area contributed by atoms with Gasteiger partial charge in [0.15, 0.2) is 0 Å². The number of aromatic nitrogens is 1. The molecule has 0 atom stereocenters. The second-order valence-corrected chi connectivity index (χ2v) is 5.53. The van der Waals surface area contributed by atoms with E-state index in [1.54, 1.807) is 12.3 Å². The maximum absolute atomic E-state index is 11.8. The minimum Gasteiger partial charge on any atom is -0.396 e. The summed E-state index contributed by atoms with van der Waals surface area (Å²) in [6, 6.07) is 1.70. The molecule has 0 aliphatic carbocycles. The van der Waals surface area contributed by atoms with Gasteiger partial charge in [0.05, 0.1) is 11.9 Å². The van der Waals surface area contributed by atoms with Gasteiger partial charge in [-0.1, -0.05) is 0 Å². The van der Waals surface area contributed by atoms with Crippen molar-refractivity contribution in [3.8, 4) is 0 Å². The van der Waals surface area contributed by atoms with Gasteiger partial charge in [-0.25, -0.2) is 0 Å². The molecule has 0 saturated carbocycles. The number of aliphatic hydroxyl groups excluding tert-OH is 1. The van der Waals surface area contributed by atoms with Crippen LogP contribution in [0.25, 0.3) is 0 Å². The lowest BCUT2D eigenvalue weighted by Crippen LogP contribution is -2.33. The van der Waals surface area contributed by atoms with Gasteiger partial charge in [0.1, 0.15) is 0 Å². The summed E-state index contributed by atoms with van der Waals surface area (Å²) in [5, 5.41) is 8.66. The lowest BCUT2D eigenvalue weighted by molar-refractivity contribution is 0.276. The molecule has 7 heteroatoms. The molecular formula is C10H17N3O3S. The van der Waals surface area contributed by atoms with E-state index in [0.29, 0.717) is 12.1 Å². The van der Waals surface area contributed by atoms with Gasteiger partial charge in [-0.3, -0.25) is 9.71 Å². The summed E-state index contributed by atoms with van der Waals surface area (Å²) >= 11 is 0. The molecule has 17 heavy (non-hydrogen) atoms. The Balaban J connectivity index is 2.72. The molecule has 0 saturated heterocycles. The molecule has 0 aliphatic rings. The maximum Gasteiger partial charge on any atom is 0.301 e. The Morgan fingerprint density at radius 3 is 2.76 bits per heavy atom. The number of pyridine rings is 1. The smallest absolute Gasteiger partial charge is 0.301 e. The molecule has 1 aromatic rings. The van der Waals surface area contributed by atoms with Crippen LogP contribution >= 0.6 is 0 Å². The number of aryl methyl sites for hydroxylation is 1. The predicted octanol–water partition coefficient (Wildman–Crippen LogP) is 0.361. The molecule has 0 amide bonds. The van der Waals surface area contributed by atoms with Crippen LogP contribution in [0.3, 0.4) is 0 Å². The van der Waals surface area contributed by atoms with Gasteiger partial charge in [-0.15, -0.1) is 0 Å². The zero-order chi connectivity index (χ0) is 12.9. The van der Waals surface area contributed by atoms with E-state index in [9.17, 15) is 8.42 Å². The monoisotopic (exact) mass is 259 g/mol. The molecule has 1 rings (SSSR count). The van der Waals surface area contributed by atoms with Crippen LogP contribution in [0.2, 0.25) is 0 Å². The largest absolute Gasteiger partial charge is 0.396 e.